The molecule has 0 aliphatic heterocycles. The molecular formula is C4H10N5+. The maximum atomic E-state index is 5.38. The van der Waals surface area contributed by atoms with Crippen molar-refractivity contribution in [2.75, 3.05) is 5.73 Å². The number of nitrogens with two attached hydrogens (primary N) is 1. The first-order valence-corrected chi connectivity index (χ1v) is 2.81. The molecule has 0 aliphatic carbocycles. The van der Waals surface area contributed by atoms with Gasteiger partial charge >= 0.3 is 5.95 Å². The van der Waals surface area contributed by atoms with Gasteiger partial charge in [0.15, 0.2) is 0 Å². The van der Waals surface area contributed by atoms with Gasteiger partial charge in [0.2, 0.25) is 0 Å². The third-order valence-electron chi connectivity index (χ3n) is 1.07. The average Bonchev–Trinajstić information content (AvgIpc) is 2.13. The van der Waals surface area contributed by atoms with Crippen molar-refractivity contribution < 1.29 is 4.68 Å². The van der Waals surface area contributed by atoms with E-state index in [1.54, 1.807) is 7.05 Å². The van der Waals surface area contributed by atoms with Crippen LogP contribution in [0.25, 0.3) is 0 Å². The average molecular weight is 128 g/mol. The summed E-state index contributed by atoms with van der Waals surface area (Å²) < 4.78 is 1.53. The topological polar surface area (TPSA) is 60.6 Å². The Bertz CT molecular complexity index is 183. The standard InChI is InChI=1S/C4H10N5/c1-3-9-6-4(5)8(2)7-9/h3H2,1-2H3,(H2,5,6,7)/q+1. The monoisotopic (exact) mass is 128 g/mol. The molecule has 2 N–H and O–H groups in total. The fraction of sp³-hybridized carbons (Fsp3) is 0.750. The summed E-state index contributed by atoms with van der Waals surface area (Å²) in [7, 11) is 1.76. The lowest BCUT2D eigenvalue weighted by atomic mass is 10.8. The molecule has 0 saturated heterocycles. The zero-order valence-electron chi connectivity index (χ0n) is 5.57. The molecule has 1 rings (SSSR count). The highest BCUT2D eigenvalue weighted by Gasteiger charge is 2.06. The molecule has 0 saturated carbocycles. The van der Waals surface area contributed by atoms with E-state index in [9.17, 15) is 0 Å². The second kappa shape index (κ2) is 2.00. The predicted molar refractivity (Wildman–Crippen MR) is 31.3 cm³/mol. The maximum absolute atomic E-state index is 5.38. The highest BCUT2D eigenvalue weighted by molar-refractivity contribution is 4.97. The Kier molecular flexibility index (Phi) is 1.33. The van der Waals surface area contributed by atoms with Crippen LogP contribution in [0.2, 0.25) is 0 Å². The van der Waals surface area contributed by atoms with Crippen molar-refractivity contribution in [3.63, 3.8) is 0 Å². The van der Waals surface area contributed by atoms with Crippen LogP contribution in [0.5, 0.6) is 0 Å². The van der Waals surface area contributed by atoms with Gasteiger partial charge in [-0.05, 0) is 6.92 Å². The third kappa shape index (κ3) is 0.984. The number of nitrogens with zero attached hydrogens (tertiary/aromatic N) is 4. The van der Waals surface area contributed by atoms with E-state index < -0.39 is 0 Å². The molecule has 0 fully saturated rings. The fourth-order valence-electron chi connectivity index (χ4n) is 0.538. The Morgan fingerprint density at radius 2 is 2.44 bits per heavy atom. The minimum Gasteiger partial charge on any atom is -0.304 e. The lowest BCUT2D eigenvalue weighted by Crippen LogP contribution is -2.34. The second-order valence-corrected chi connectivity index (χ2v) is 1.76. The van der Waals surface area contributed by atoms with Crippen LogP contribution in [-0.4, -0.2) is 15.1 Å². The van der Waals surface area contributed by atoms with Gasteiger partial charge in [-0.3, -0.25) is 0 Å². The van der Waals surface area contributed by atoms with Crippen LogP contribution in [-0.2, 0) is 13.6 Å². The largest absolute Gasteiger partial charge is 0.395 e. The van der Waals surface area contributed by atoms with Crippen LogP contribution < -0.4 is 10.4 Å². The molecular weight excluding hydrogens is 118 g/mol. The summed E-state index contributed by atoms with van der Waals surface area (Å²) in [5.41, 5.74) is 5.38. The van der Waals surface area contributed by atoms with Crippen LogP contribution in [0.15, 0.2) is 0 Å². The number of rotatable bonds is 1. The Morgan fingerprint density at radius 3 is 2.67 bits per heavy atom. The lowest BCUT2D eigenvalue weighted by molar-refractivity contribution is -0.719. The first kappa shape index (κ1) is 6.00. The zero-order valence-corrected chi connectivity index (χ0v) is 5.57. The normalized spacial score (nSPS) is 10.0. The Morgan fingerprint density at radius 1 is 1.78 bits per heavy atom. The van der Waals surface area contributed by atoms with Crippen LogP contribution >= 0.6 is 0 Å². The van der Waals surface area contributed by atoms with E-state index in [1.165, 1.54) is 9.48 Å². The first-order chi connectivity index (χ1) is 4.24. The van der Waals surface area contributed by atoms with E-state index in [2.05, 4.69) is 10.3 Å². The quantitative estimate of drug-likeness (QED) is 0.478. The minimum absolute atomic E-state index is 0.442. The Hall–Kier alpha value is -1.13. The molecule has 0 spiro atoms. The molecule has 0 aliphatic rings. The molecule has 5 heteroatoms. The van der Waals surface area contributed by atoms with Crippen LogP contribution in [0.1, 0.15) is 6.92 Å². The number of anilines is 1. The molecule has 0 aromatic carbocycles. The summed E-state index contributed by atoms with van der Waals surface area (Å²) in [6.07, 6.45) is 0. The van der Waals surface area contributed by atoms with Gasteiger partial charge in [0.25, 0.3) is 0 Å². The van der Waals surface area contributed by atoms with E-state index in [-0.39, 0.29) is 0 Å². The van der Waals surface area contributed by atoms with Crippen LogP contribution in [0, 0.1) is 0 Å². The fourth-order valence-corrected chi connectivity index (χ4v) is 0.538. The SMILES string of the molecule is CCn1nc(N)[n+](C)n1. The molecule has 0 unspecified atom stereocenters. The molecule has 50 valence electrons. The van der Waals surface area contributed by atoms with Crippen molar-refractivity contribution in [3.05, 3.63) is 0 Å². The number of aromatic nitrogens is 4. The van der Waals surface area contributed by atoms with Crippen molar-refractivity contribution >= 4 is 5.95 Å². The molecule has 1 heterocycles. The number of hydrogen-bond donors (Lipinski definition) is 1. The van der Waals surface area contributed by atoms with E-state index in [0.29, 0.717) is 5.95 Å². The molecule has 0 amide bonds. The zero-order chi connectivity index (χ0) is 6.85. The van der Waals surface area contributed by atoms with Gasteiger partial charge < -0.3 is 5.73 Å². The molecule has 0 bridgehead atoms. The molecule has 9 heavy (non-hydrogen) atoms. The van der Waals surface area contributed by atoms with Gasteiger partial charge in [0.1, 0.15) is 6.54 Å². The minimum atomic E-state index is 0.442. The number of nitrogen functional groups attached to an aromatic ring is 1. The lowest BCUT2D eigenvalue weighted by Gasteiger charge is -1.77. The highest BCUT2D eigenvalue weighted by atomic mass is 15.6. The van der Waals surface area contributed by atoms with Crippen molar-refractivity contribution in [3.8, 4) is 0 Å². The van der Waals surface area contributed by atoms with E-state index >= 15 is 0 Å². The molecule has 0 radical (unpaired) electrons. The second-order valence-electron chi connectivity index (χ2n) is 1.76. The van der Waals surface area contributed by atoms with Gasteiger partial charge in [-0.15, -0.1) is 4.68 Å². The Balaban J connectivity index is 2.98. The van der Waals surface area contributed by atoms with Crippen molar-refractivity contribution in [1.29, 1.82) is 0 Å². The number of aryl methyl sites for hydroxylation is 2. The maximum Gasteiger partial charge on any atom is 0.395 e. The van der Waals surface area contributed by atoms with Crippen LogP contribution in [0.4, 0.5) is 5.95 Å². The van der Waals surface area contributed by atoms with E-state index in [4.69, 9.17) is 5.73 Å². The van der Waals surface area contributed by atoms with Crippen LogP contribution in [0.3, 0.4) is 0 Å². The summed E-state index contributed by atoms with van der Waals surface area (Å²) in [5.74, 6) is 0.442. The van der Waals surface area contributed by atoms with Gasteiger partial charge in [0.05, 0.1) is 12.1 Å². The summed E-state index contributed by atoms with van der Waals surface area (Å²) >= 11 is 0. The molecule has 5 nitrogen and oxygen atoms in total. The molecule has 1 aromatic rings. The van der Waals surface area contributed by atoms with Gasteiger partial charge in [-0.2, -0.15) is 0 Å². The van der Waals surface area contributed by atoms with Gasteiger partial charge in [-0.1, -0.05) is 4.80 Å². The Labute approximate surface area is 53.1 Å². The van der Waals surface area contributed by atoms with E-state index in [1.807, 2.05) is 6.92 Å². The first-order valence-electron chi connectivity index (χ1n) is 2.81. The van der Waals surface area contributed by atoms with E-state index in [0.717, 1.165) is 6.54 Å². The number of hydrogen-bond acceptors (Lipinski definition) is 3. The predicted octanol–water partition coefficient (Wildman–Crippen LogP) is -1.30. The summed E-state index contributed by atoms with van der Waals surface area (Å²) in [6.45, 7) is 2.71. The highest BCUT2D eigenvalue weighted by Crippen LogP contribution is 1.79. The molecule has 1 aromatic heterocycles. The van der Waals surface area contributed by atoms with Gasteiger partial charge in [-0.25, -0.2) is 0 Å². The van der Waals surface area contributed by atoms with Crippen molar-refractivity contribution in [2.45, 2.75) is 13.5 Å². The summed E-state index contributed by atoms with van der Waals surface area (Å²) in [4.78, 5) is 1.54. The summed E-state index contributed by atoms with van der Waals surface area (Å²) in [6, 6.07) is 0. The van der Waals surface area contributed by atoms with Crippen molar-refractivity contribution in [2.24, 2.45) is 7.05 Å². The molecule has 0 atom stereocenters. The number of tetrazole rings is 1. The van der Waals surface area contributed by atoms with Crippen molar-refractivity contribution in [1.82, 2.24) is 15.1 Å². The third-order valence-corrected chi connectivity index (χ3v) is 1.07. The van der Waals surface area contributed by atoms with Gasteiger partial charge in [0, 0.05) is 5.21 Å². The summed E-state index contributed by atoms with van der Waals surface area (Å²) in [5, 5.41) is 7.80. The smallest absolute Gasteiger partial charge is 0.304 e.